The highest BCUT2D eigenvalue weighted by Crippen LogP contribution is 2.04. The lowest BCUT2D eigenvalue weighted by Crippen LogP contribution is -2.23. The molecular formula is C10H14N2. The third kappa shape index (κ3) is 2.47. The van der Waals surface area contributed by atoms with Crippen molar-refractivity contribution in [2.24, 2.45) is 5.73 Å². The van der Waals surface area contributed by atoms with Crippen molar-refractivity contribution in [2.45, 2.75) is 19.4 Å². The van der Waals surface area contributed by atoms with Gasteiger partial charge >= 0.3 is 0 Å². The maximum absolute atomic E-state index is 5.82. The Morgan fingerprint density at radius 1 is 1.75 bits per heavy atom. The fourth-order valence-electron chi connectivity index (χ4n) is 0.947. The van der Waals surface area contributed by atoms with Crippen LogP contribution in [0.25, 0.3) is 0 Å². The van der Waals surface area contributed by atoms with Crippen molar-refractivity contribution in [1.29, 1.82) is 0 Å². The van der Waals surface area contributed by atoms with E-state index in [9.17, 15) is 0 Å². The first kappa shape index (κ1) is 8.94. The van der Waals surface area contributed by atoms with Crippen molar-refractivity contribution >= 4 is 0 Å². The van der Waals surface area contributed by atoms with Crippen LogP contribution in [0.4, 0.5) is 0 Å². The van der Waals surface area contributed by atoms with Crippen LogP contribution in [0.1, 0.15) is 12.5 Å². The molecule has 0 aliphatic rings. The van der Waals surface area contributed by atoms with Crippen LogP contribution in [0, 0.1) is 0 Å². The van der Waals surface area contributed by atoms with Gasteiger partial charge in [0.15, 0.2) is 0 Å². The molecule has 1 heterocycles. The Bertz CT molecular complexity index is 254. The van der Waals surface area contributed by atoms with Gasteiger partial charge in [-0.3, -0.25) is 4.98 Å². The Hall–Kier alpha value is -1.15. The van der Waals surface area contributed by atoms with Crippen molar-refractivity contribution in [2.75, 3.05) is 0 Å². The second-order valence-corrected chi connectivity index (χ2v) is 3.02. The summed E-state index contributed by atoms with van der Waals surface area (Å²) in [6.07, 6.45) is 4.42. The third-order valence-corrected chi connectivity index (χ3v) is 1.81. The molecule has 0 radical (unpaired) electrons. The van der Waals surface area contributed by atoms with Crippen LogP contribution >= 0.6 is 0 Å². The van der Waals surface area contributed by atoms with Gasteiger partial charge in [-0.15, -0.1) is 0 Å². The Kier molecular flexibility index (Phi) is 3.00. The Balaban J connectivity index is 2.58. The maximum atomic E-state index is 5.82. The molecule has 12 heavy (non-hydrogen) atoms. The smallest absolute Gasteiger partial charge is 0.0300 e. The minimum Gasteiger partial charge on any atom is -0.324 e. The molecule has 0 saturated carbocycles. The van der Waals surface area contributed by atoms with Gasteiger partial charge in [-0.05, 0) is 25.0 Å². The van der Waals surface area contributed by atoms with E-state index in [1.54, 1.807) is 6.20 Å². The van der Waals surface area contributed by atoms with E-state index in [2.05, 4.69) is 11.6 Å². The lowest BCUT2D eigenvalue weighted by atomic mass is 10.0. The highest BCUT2D eigenvalue weighted by Gasteiger charge is 2.03. The number of aromatic nitrogens is 1. The minimum atomic E-state index is 0.0502. The average molecular weight is 162 g/mol. The van der Waals surface area contributed by atoms with E-state index in [4.69, 9.17) is 5.73 Å². The molecule has 2 heteroatoms. The summed E-state index contributed by atoms with van der Waals surface area (Å²) in [6.45, 7) is 5.75. The lowest BCUT2D eigenvalue weighted by molar-refractivity contribution is 0.764. The second-order valence-electron chi connectivity index (χ2n) is 3.02. The largest absolute Gasteiger partial charge is 0.324 e. The van der Waals surface area contributed by atoms with Crippen LogP contribution in [0.2, 0.25) is 0 Å². The van der Waals surface area contributed by atoms with Crippen LogP contribution in [0.15, 0.2) is 36.7 Å². The molecule has 0 aromatic carbocycles. The highest BCUT2D eigenvalue weighted by atomic mass is 14.6. The fraction of sp³-hybridized carbons (Fsp3) is 0.300. The molecule has 0 amide bonds. The summed E-state index contributed by atoms with van der Waals surface area (Å²) in [5, 5.41) is 0. The van der Waals surface area contributed by atoms with Gasteiger partial charge in [-0.25, -0.2) is 0 Å². The van der Waals surface area contributed by atoms with Gasteiger partial charge in [0.1, 0.15) is 0 Å². The predicted octanol–water partition coefficient (Wildman–Crippen LogP) is 1.53. The first-order valence-corrected chi connectivity index (χ1v) is 4.00. The summed E-state index contributed by atoms with van der Waals surface area (Å²) in [5.41, 5.74) is 7.99. The molecule has 0 fully saturated rings. The van der Waals surface area contributed by atoms with E-state index < -0.39 is 0 Å². The molecule has 1 unspecified atom stereocenters. The molecular weight excluding hydrogens is 148 g/mol. The molecule has 64 valence electrons. The van der Waals surface area contributed by atoms with Crippen LogP contribution < -0.4 is 5.73 Å². The molecule has 1 rings (SSSR count). The molecule has 0 aliphatic heterocycles. The van der Waals surface area contributed by atoms with Crippen molar-refractivity contribution in [3.05, 3.63) is 42.2 Å². The van der Waals surface area contributed by atoms with Gasteiger partial charge in [0.05, 0.1) is 0 Å². The molecule has 2 nitrogen and oxygen atoms in total. The minimum absolute atomic E-state index is 0.0502. The standard InChI is InChI=1S/C10H14N2/c1-8(2)10(11)6-9-4-3-5-12-7-9/h3-5,7,10H,1,6,11H2,2H3. The van der Waals surface area contributed by atoms with Gasteiger partial charge in [-0.2, -0.15) is 0 Å². The normalized spacial score (nSPS) is 12.5. The van der Waals surface area contributed by atoms with Crippen molar-refractivity contribution in [3.63, 3.8) is 0 Å². The Labute approximate surface area is 73.1 Å². The van der Waals surface area contributed by atoms with E-state index in [1.165, 1.54) is 0 Å². The predicted molar refractivity (Wildman–Crippen MR) is 50.7 cm³/mol. The van der Waals surface area contributed by atoms with E-state index in [0.29, 0.717) is 0 Å². The fourth-order valence-corrected chi connectivity index (χ4v) is 0.947. The van der Waals surface area contributed by atoms with Crippen molar-refractivity contribution in [1.82, 2.24) is 4.98 Å². The summed E-state index contributed by atoms with van der Waals surface area (Å²) in [5.74, 6) is 0. The van der Waals surface area contributed by atoms with E-state index in [1.807, 2.05) is 25.3 Å². The molecule has 0 aliphatic carbocycles. The molecule has 0 spiro atoms. The molecule has 0 bridgehead atoms. The first-order valence-electron chi connectivity index (χ1n) is 4.00. The van der Waals surface area contributed by atoms with E-state index in [-0.39, 0.29) is 6.04 Å². The zero-order valence-electron chi connectivity index (χ0n) is 7.33. The zero-order chi connectivity index (χ0) is 8.97. The number of hydrogen-bond donors (Lipinski definition) is 1. The zero-order valence-corrected chi connectivity index (χ0v) is 7.33. The number of pyridine rings is 1. The summed E-state index contributed by atoms with van der Waals surface area (Å²) in [6, 6.07) is 3.99. The number of hydrogen-bond acceptors (Lipinski definition) is 2. The van der Waals surface area contributed by atoms with E-state index in [0.717, 1.165) is 17.6 Å². The van der Waals surface area contributed by atoms with Gasteiger partial charge in [0.25, 0.3) is 0 Å². The van der Waals surface area contributed by atoms with Gasteiger partial charge in [-0.1, -0.05) is 18.2 Å². The molecule has 1 aromatic heterocycles. The molecule has 0 saturated heterocycles. The summed E-state index contributed by atoms with van der Waals surface area (Å²) >= 11 is 0. The number of rotatable bonds is 3. The summed E-state index contributed by atoms with van der Waals surface area (Å²) < 4.78 is 0. The average Bonchev–Trinajstić information content (AvgIpc) is 2.06. The highest BCUT2D eigenvalue weighted by molar-refractivity contribution is 5.14. The summed E-state index contributed by atoms with van der Waals surface area (Å²) in [7, 11) is 0. The maximum Gasteiger partial charge on any atom is 0.0300 e. The van der Waals surface area contributed by atoms with Gasteiger partial charge < -0.3 is 5.73 Å². The van der Waals surface area contributed by atoms with Crippen LogP contribution in [0.5, 0.6) is 0 Å². The topological polar surface area (TPSA) is 38.9 Å². The number of nitrogens with two attached hydrogens (primary N) is 1. The third-order valence-electron chi connectivity index (χ3n) is 1.81. The van der Waals surface area contributed by atoms with Gasteiger partial charge in [0, 0.05) is 18.4 Å². The Morgan fingerprint density at radius 3 is 3.00 bits per heavy atom. The van der Waals surface area contributed by atoms with Crippen LogP contribution in [0.3, 0.4) is 0 Å². The van der Waals surface area contributed by atoms with Gasteiger partial charge in [0.2, 0.25) is 0 Å². The van der Waals surface area contributed by atoms with Crippen LogP contribution in [-0.4, -0.2) is 11.0 Å². The number of nitrogens with zero attached hydrogens (tertiary/aromatic N) is 1. The first-order chi connectivity index (χ1) is 5.70. The quantitative estimate of drug-likeness (QED) is 0.684. The Morgan fingerprint density at radius 2 is 2.50 bits per heavy atom. The van der Waals surface area contributed by atoms with Crippen molar-refractivity contribution < 1.29 is 0 Å². The monoisotopic (exact) mass is 162 g/mol. The lowest BCUT2D eigenvalue weighted by Gasteiger charge is -2.09. The molecule has 1 aromatic rings. The second kappa shape index (κ2) is 4.02. The summed E-state index contributed by atoms with van der Waals surface area (Å²) in [4.78, 5) is 4.01. The molecule has 1 atom stereocenters. The van der Waals surface area contributed by atoms with E-state index >= 15 is 0 Å². The van der Waals surface area contributed by atoms with Crippen molar-refractivity contribution in [3.8, 4) is 0 Å². The SMILES string of the molecule is C=C(C)C(N)Cc1cccnc1. The molecule has 2 N–H and O–H groups in total. The van der Waals surface area contributed by atoms with Crippen LogP contribution in [-0.2, 0) is 6.42 Å².